The summed E-state index contributed by atoms with van der Waals surface area (Å²) in [7, 11) is 0. The van der Waals surface area contributed by atoms with Gasteiger partial charge in [-0.3, -0.25) is 9.78 Å². The fourth-order valence-electron chi connectivity index (χ4n) is 3.57. The Morgan fingerprint density at radius 1 is 1.06 bits per heavy atom. The van der Waals surface area contributed by atoms with Crippen molar-refractivity contribution in [2.24, 2.45) is 0 Å². The third-order valence-corrected chi connectivity index (χ3v) is 5.37. The highest BCUT2D eigenvalue weighted by Crippen LogP contribution is 2.31. The number of rotatable bonds is 7. The van der Waals surface area contributed by atoms with E-state index in [0.29, 0.717) is 22.7 Å². The lowest BCUT2D eigenvalue weighted by Crippen LogP contribution is -2.17. The number of nitrogens with one attached hydrogen (secondary N) is 1. The molecule has 3 aromatic heterocycles. The fraction of sp³-hybridized carbons (Fsp3) is 0.200. The molecule has 0 saturated carbocycles. The molecule has 180 valence electrons. The van der Waals surface area contributed by atoms with Crippen molar-refractivity contribution in [1.82, 2.24) is 19.7 Å². The maximum Gasteiger partial charge on any atom is 0.416 e. The number of alkyl halides is 3. The van der Waals surface area contributed by atoms with E-state index in [0.717, 1.165) is 17.7 Å². The molecule has 1 amide bonds. The number of benzene rings is 1. The number of hydrogen-bond acceptors (Lipinski definition) is 5. The van der Waals surface area contributed by atoms with Gasteiger partial charge in [-0.15, -0.1) is 0 Å². The largest absolute Gasteiger partial charge is 0.485 e. The number of pyridine rings is 2. The number of halogens is 3. The molecule has 1 N–H and O–H groups in total. The van der Waals surface area contributed by atoms with Crippen LogP contribution in [0.25, 0.3) is 5.69 Å². The van der Waals surface area contributed by atoms with Gasteiger partial charge >= 0.3 is 6.18 Å². The summed E-state index contributed by atoms with van der Waals surface area (Å²) in [5, 5.41) is 7.12. The average Bonchev–Trinajstić information content (AvgIpc) is 3.12. The molecule has 0 unspecified atom stereocenters. The summed E-state index contributed by atoms with van der Waals surface area (Å²) in [6, 6.07) is 11.9. The Morgan fingerprint density at radius 2 is 1.83 bits per heavy atom. The standard InChI is InChI=1S/C25H22F3N5O2/c1-16-21(17(2)33(32-16)20-6-3-5-19(13-20)25(26,27)28)14-23(34)31-24-22(7-4-10-30-24)35-15-18-8-11-29-12-9-18/h3-13H,14-15H2,1-2H3,(H,30,31,34). The predicted molar refractivity (Wildman–Crippen MR) is 123 cm³/mol. The first-order chi connectivity index (χ1) is 16.7. The molecule has 0 atom stereocenters. The molecular formula is C25H22F3N5O2. The number of carbonyl (C=O) groups is 1. The van der Waals surface area contributed by atoms with Crippen LogP contribution in [0.5, 0.6) is 5.75 Å². The molecule has 3 heterocycles. The summed E-state index contributed by atoms with van der Waals surface area (Å²) in [6.45, 7) is 3.70. The monoisotopic (exact) mass is 481 g/mol. The van der Waals surface area contributed by atoms with E-state index in [9.17, 15) is 18.0 Å². The summed E-state index contributed by atoms with van der Waals surface area (Å²) in [5.41, 5.74) is 2.15. The first kappa shape index (κ1) is 23.9. The molecule has 1 aromatic carbocycles. The van der Waals surface area contributed by atoms with Crippen LogP contribution in [-0.2, 0) is 24.0 Å². The first-order valence-electron chi connectivity index (χ1n) is 10.7. The molecule has 0 radical (unpaired) electrons. The number of aromatic nitrogens is 4. The Bertz CT molecular complexity index is 1340. The number of nitrogens with zero attached hydrogens (tertiary/aromatic N) is 4. The minimum Gasteiger partial charge on any atom is -0.485 e. The molecule has 0 fully saturated rings. The van der Waals surface area contributed by atoms with Crippen molar-refractivity contribution in [2.75, 3.05) is 5.32 Å². The van der Waals surface area contributed by atoms with Gasteiger partial charge < -0.3 is 10.1 Å². The van der Waals surface area contributed by atoms with Crippen molar-refractivity contribution in [1.29, 1.82) is 0 Å². The number of hydrogen-bond donors (Lipinski definition) is 1. The molecule has 4 rings (SSSR count). The van der Waals surface area contributed by atoms with Gasteiger partial charge in [-0.1, -0.05) is 6.07 Å². The second-order valence-corrected chi connectivity index (χ2v) is 7.83. The van der Waals surface area contributed by atoms with Gasteiger partial charge in [0.25, 0.3) is 0 Å². The number of carbonyl (C=O) groups excluding carboxylic acids is 1. The molecule has 10 heteroatoms. The zero-order valence-electron chi connectivity index (χ0n) is 19.0. The van der Waals surface area contributed by atoms with E-state index in [1.54, 1.807) is 44.4 Å². The molecule has 35 heavy (non-hydrogen) atoms. The average molecular weight is 481 g/mol. The third kappa shape index (κ3) is 5.65. The van der Waals surface area contributed by atoms with Crippen LogP contribution in [0.1, 0.15) is 28.1 Å². The molecule has 0 aliphatic heterocycles. The summed E-state index contributed by atoms with van der Waals surface area (Å²) in [5.74, 6) is 0.324. The zero-order valence-corrected chi connectivity index (χ0v) is 19.0. The predicted octanol–water partition coefficient (Wildman–Crippen LogP) is 5.06. The number of aryl methyl sites for hydroxylation is 1. The van der Waals surface area contributed by atoms with Gasteiger partial charge in [-0.25, -0.2) is 9.67 Å². The third-order valence-electron chi connectivity index (χ3n) is 5.37. The van der Waals surface area contributed by atoms with Crippen molar-refractivity contribution >= 4 is 11.7 Å². The molecule has 0 bridgehead atoms. The Balaban J connectivity index is 1.50. The van der Waals surface area contributed by atoms with Gasteiger partial charge in [-0.05, 0) is 61.9 Å². The highest BCUT2D eigenvalue weighted by Gasteiger charge is 2.31. The first-order valence-corrected chi connectivity index (χ1v) is 10.7. The maximum atomic E-state index is 13.1. The SMILES string of the molecule is Cc1nn(-c2cccc(C(F)(F)F)c2)c(C)c1CC(=O)Nc1ncccc1OCc1ccncc1. The summed E-state index contributed by atoms with van der Waals surface area (Å²) in [4.78, 5) is 21.0. The van der Waals surface area contributed by atoms with Crippen molar-refractivity contribution in [2.45, 2.75) is 33.1 Å². The van der Waals surface area contributed by atoms with Crippen LogP contribution < -0.4 is 10.1 Å². The van der Waals surface area contributed by atoms with Gasteiger partial charge in [0, 0.05) is 29.8 Å². The lowest BCUT2D eigenvalue weighted by molar-refractivity contribution is -0.137. The normalized spacial score (nSPS) is 11.3. The van der Waals surface area contributed by atoms with Crippen LogP contribution in [0.4, 0.5) is 19.0 Å². The van der Waals surface area contributed by atoms with Crippen LogP contribution in [-0.4, -0.2) is 25.7 Å². The van der Waals surface area contributed by atoms with E-state index in [-0.39, 0.29) is 30.4 Å². The molecule has 0 aliphatic carbocycles. The Kier molecular flexibility index (Phi) is 6.81. The van der Waals surface area contributed by atoms with E-state index in [1.807, 2.05) is 12.1 Å². The molecule has 4 aromatic rings. The van der Waals surface area contributed by atoms with Crippen molar-refractivity contribution in [3.63, 3.8) is 0 Å². The van der Waals surface area contributed by atoms with Gasteiger partial charge in [0.1, 0.15) is 6.61 Å². The van der Waals surface area contributed by atoms with E-state index < -0.39 is 11.7 Å². The topological polar surface area (TPSA) is 81.9 Å². The van der Waals surface area contributed by atoms with Crippen molar-refractivity contribution < 1.29 is 22.7 Å². The van der Waals surface area contributed by atoms with E-state index in [2.05, 4.69) is 20.4 Å². The van der Waals surface area contributed by atoms with Crippen LogP contribution in [0.15, 0.2) is 67.1 Å². The van der Waals surface area contributed by atoms with Crippen LogP contribution in [0.2, 0.25) is 0 Å². The molecule has 0 saturated heterocycles. The van der Waals surface area contributed by atoms with E-state index in [1.165, 1.54) is 16.9 Å². The second-order valence-electron chi connectivity index (χ2n) is 7.83. The highest BCUT2D eigenvalue weighted by atomic mass is 19.4. The van der Waals surface area contributed by atoms with E-state index in [4.69, 9.17) is 4.74 Å². The summed E-state index contributed by atoms with van der Waals surface area (Å²) in [6.07, 6.45) is 0.367. The number of anilines is 1. The number of amides is 1. The maximum absolute atomic E-state index is 13.1. The van der Waals surface area contributed by atoms with Crippen molar-refractivity contribution in [3.05, 3.63) is 95.2 Å². The fourth-order valence-corrected chi connectivity index (χ4v) is 3.57. The quantitative estimate of drug-likeness (QED) is 0.399. The van der Waals surface area contributed by atoms with Crippen LogP contribution in [0, 0.1) is 13.8 Å². The number of ether oxygens (including phenoxy) is 1. The molecule has 0 spiro atoms. The lowest BCUT2D eigenvalue weighted by atomic mass is 10.1. The van der Waals surface area contributed by atoms with Gasteiger partial charge in [0.05, 0.1) is 23.4 Å². The van der Waals surface area contributed by atoms with Crippen LogP contribution in [0.3, 0.4) is 0 Å². The van der Waals surface area contributed by atoms with Gasteiger partial charge in [-0.2, -0.15) is 18.3 Å². The minimum absolute atomic E-state index is 0.0308. The summed E-state index contributed by atoms with van der Waals surface area (Å²) < 4.78 is 46.6. The van der Waals surface area contributed by atoms with E-state index >= 15 is 0 Å². The molecular weight excluding hydrogens is 459 g/mol. The molecule has 0 aliphatic rings. The molecule has 7 nitrogen and oxygen atoms in total. The Hall–Kier alpha value is -4.21. The summed E-state index contributed by atoms with van der Waals surface area (Å²) >= 11 is 0. The highest BCUT2D eigenvalue weighted by molar-refractivity contribution is 5.92. The lowest BCUT2D eigenvalue weighted by Gasteiger charge is -2.12. The minimum atomic E-state index is -4.46. The van der Waals surface area contributed by atoms with Crippen LogP contribution >= 0.6 is 0 Å². The van der Waals surface area contributed by atoms with Gasteiger partial charge in [0.15, 0.2) is 11.6 Å². The second kappa shape index (κ2) is 9.96. The van der Waals surface area contributed by atoms with Gasteiger partial charge in [0.2, 0.25) is 5.91 Å². The zero-order chi connectivity index (χ0) is 25.0. The Morgan fingerprint density at radius 3 is 2.57 bits per heavy atom. The van der Waals surface area contributed by atoms with Crippen molar-refractivity contribution in [3.8, 4) is 11.4 Å². The smallest absolute Gasteiger partial charge is 0.416 e. The Labute approximate surface area is 199 Å².